The van der Waals surface area contributed by atoms with Gasteiger partial charge < -0.3 is 20.6 Å². The second-order valence-corrected chi connectivity index (χ2v) is 5.06. The Morgan fingerprint density at radius 1 is 0.900 bits per heavy atom. The molecular formula is C16H19NO3. The van der Waals surface area contributed by atoms with Crippen molar-refractivity contribution in [2.24, 2.45) is 0 Å². The molecule has 0 aliphatic carbocycles. The van der Waals surface area contributed by atoms with Gasteiger partial charge in [0.05, 0.1) is 6.04 Å². The van der Waals surface area contributed by atoms with Crippen LogP contribution in [0.3, 0.4) is 0 Å². The molecule has 2 rings (SSSR count). The fraction of sp³-hybridized carbons (Fsp3) is 0.250. The second kappa shape index (κ2) is 5.33. The molecule has 0 aliphatic rings. The van der Waals surface area contributed by atoms with Crippen LogP contribution in [0.1, 0.15) is 29.7 Å². The van der Waals surface area contributed by atoms with Gasteiger partial charge in [0.25, 0.3) is 0 Å². The Bertz CT molecular complexity index is 638. The van der Waals surface area contributed by atoms with Crippen molar-refractivity contribution in [1.29, 1.82) is 0 Å². The van der Waals surface area contributed by atoms with Gasteiger partial charge in [0.15, 0.2) is 0 Å². The topological polar surface area (TPSA) is 72.7 Å². The average Bonchev–Trinajstić information content (AvgIpc) is 2.38. The van der Waals surface area contributed by atoms with Crippen molar-refractivity contribution in [3.63, 3.8) is 0 Å². The van der Waals surface area contributed by atoms with E-state index in [0.29, 0.717) is 5.56 Å². The summed E-state index contributed by atoms with van der Waals surface area (Å²) in [5.41, 5.74) is 3.20. The van der Waals surface area contributed by atoms with Gasteiger partial charge in [0.2, 0.25) is 0 Å². The normalized spacial score (nSPS) is 12.2. The SMILES string of the molecule is Cc1cc(NC(C)c2cc(O)ccc2O)c(C)cc1O. The molecule has 1 unspecified atom stereocenters. The zero-order valence-electron chi connectivity index (χ0n) is 11.8. The average molecular weight is 273 g/mol. The van der Waals surface area contributed by atoms with Gasteiger partial charge in [-0.15, -0.1) is 0 Å². The molecule has 2 aromatic rings. The number of anilines is 1. The highest BCUT2D eigenvalue weighted by Crippen LogP contribution is 2.32. The third kappa shape index (κ3) is 2.79. The summed E-state index contributed by atoms with van der Waals surface area (Å²) < 4.78 is 0. The number of phenolic OH excluding ortho intramolecular Hbond substituents is 3. The van der Waals surface area contributed by atoms with Crippen molar-refractivity contribution in [3.05, 3.63) is 47.0 Å². The van der Waals surface area contributed by atoms with Gasteiger partial charge in [0.1, 0.15) is 17.2 Å². The number of nitrogens with one attached hydrogen (secondary N) is 1. The summed E-state index contributed by atoms with van der Waals surface area (Å²) in [6, 6.07) is 7.84. The monoisotopic (exact) mass is 273 g/mol. The van der Waals surface area contributed by atoms with Crippen molar-refractivity contribution >= 4 is 5.69 Å². The number of aryl methyl sites for hydroxylation is 2. The molecule has 0 spiro atoms. The Kier molecular flexibility index (Phi) is 3.74. The minimum Gasteiger partial charge on any atom is -0.508 e. The molecule has 0 bridgehead atoms. The molecular weight excluding hydrogens is 254 g/mol. The van der Waals surface area contributed by atoms with E-state index in [4.69, 9.17) is 0 Å². The largest absolute Gasteiger partial charge is 0.508 e. The van der Waals surface area contributed by atoms with Crippen molar-refractivity contribution in [3.8, 4) is 17.2 Å². The molecule has 0 fully saturated rings. The summed E-state index contributed by atoms with van der Waals surface area (Å²) in [6.45, 7) is 5.63. The number of benzene rings is 2. The van der Waals surface area contributed by atoms with Crippen LogP contribution < -0.4 is 5.32 Å². The zero-order valence-corrected chi connectivity index (χ0v) is 11.8. The molecule has 0 amide bonds. The first-order chi connectivity index (χ1) is 9.38. The van der Waals surface area contributed by atoms with Crippen LogP contribution >= 0.6 is 0 Å². The Hall–Kier alpha value is -2.36. The second-order valence-electron chi connectivity index (χ2n) is 5.06. The fourth-order valence-corrected chi connectivity index (χ4v) is 2.16. The van der Waals surface area contributed by atoms with E-state index in [9.17, 15) is 15.3 Å². The summed E-state index contributed by atoms with van der Waals surface area (Å²) >= 11 is 0. The molecule has 4 nitrogen and oxygen atoms in total. The molecule has 0 radical (unpaired) electrons. The van der Waals surface area contributed by atoms with Crippen LogP contribution in [0.2, 0.25) is 0 Å². The number of rotatable bonds is 3. The van der Waals surface area contributed by atoms with Gasteiger partial charge in [-0.2, -0.15) is 0 Å². The van der Waals surface area contributed by atoms with Crippen LogP contribution in [0.25, 0.3) is 0 Å². The Morgan fingerprint density at radius 2 is 1.60 bits per heavy atom. The summed E-state index contributed by atoms with van der Waals surface area (Å²) in [5, 5.41) is 32.3. The van der Waals surface area contributed by atoms with Crippen LogP contribution in [-0.4, -0.2) is 15.3 Å². The maximum absolute atomic E-state index is 9.86. The number of aromatic hydroxyl groups is 3. The van der Waals surface area contributed by atoms with E-state index in [1.807, 2.05) is 26.8 Å². The minimum absolute atomic E-state index is 0.116. The van der Waals surface area contributed by atoms with E-state index >= 15 is 0 Å². The number of hydrogen-bond acceptors (Lipinski definition) is 4. The third-order valence-corrected chi connectivity index (χ3v) is 3.39. The Labute approximate surface area is 118 Å². The molecule has 4 N–H and O–H groups in total. The number of hydrogen-bond donors (Lipinski definition) is 4. The zero-order chi connectivity index (χ0) is 14.9. The van der Waals surface area contributed by atoms with E-state index in [0.717, 1.165) is 16.8 Å². The maximum Gasteiger partial charge on any atom is 0.121 e. The highest BCUT2D eigenvalue weighted by molar-refractivity contribution is 5.58. The van der Waals surface area contributed by atoms with E-state index in [-0.39, 0.29) is 23.3 Å². The lowest BCUT2D eigenvalue weighted by Crippen LogP contribution is -2.08. The lowest BCUT2D eigenvalue weighted by Gasteiger charge is -2.19. The molecule has 20 heavy (non-hydrogen) atoms. The smallest absolute Gasteiger partial charge is 0.121 e. The van der Waals surface area contributed by atoms with Crippen molar-refractivity contribution < 1.29 is 15.3 Å². The van der Waals surface area contributed by atoms with Crippen LogP contribution in [0, 0.1) is 13.8 Å². The fourth-order valence-electron chi connectivity index (χ4n) is 2.16. The lowest BCUT2D eigenvalue weighted by atomic mass is 10.0. The maximum atomic E-state index is 9.86. The predicted octanol–water partition coefficient (Wildman–Crippen LogP) is 3.59. The van der Waals surface area contributed by atoms with E-state index in [2.05, 4.69) is 5.32 Å². The van der Waals surface area contributed by atoms with E-state index in [1.54, 1.807) is 6.07 Å². The molecule has 106 valence electrons. The van der Waals surface area contributed by atoms with Gasteiger partial charge in [-0.25, -0.2) is 0 Å². The van der Waals surface area contributed by atoms with Gasteiger partial charge in [0, 0.05) is 11.3 Å². The summed E-state index contributed by atoms with van der Waals surface area (Å²) in [4.78, 5) is 0. The van der Waals surface area contributed by atoms with E-state index in [1.165, 1.54) is 18.2 Å². The molecule has 0 aliphatic heterocycles. The highest BCUT2D eigenvalue weighted by atomic mass is 16.3. The quantitative estimate of drug-likeness (QED) is 0.645. The molecule has 0 heterocycles. The van der Waals surface area contributed by atoms with E-state index < -0.39 is 0 Å². The standard InChI is InChI=1S/C16H19NO3/c1-9-7-16(20)10(2)6-14(9)17-11(3)13-8-12(18)4-5-15(13)19/h4-8,11,17-20H,1-3H3. The minimum atomic E-state index is -0.176. The molecule has 0 saturated heterocycles. The van der Waals surface area contributed by atoms with Crippen molar-refractivity contribution in [1.82, 2.24) is 0 Å². The molecule has 1 atom stereocenters. The van der Waals surface area contributed by atoms with Crippen molar-refractivity contribution in [2.75, 3.05) is 5.32 Å². The Balaban J connectivity index is 2.30. The summed E-state index contributed by atoms with van der Waals surface area (Å²) in [6.07, 6.45) is 0. The predicted molar refractivity (Wildman–Crippen MR) is 79.4 cm³/mol. The van der Waals surface area contributed by atoms with Crippen LogP contribution in [0.4, 0.5) is 5.69 Å². The third-order valence-electron chi connectivity index (χ3n) is 3.39. The van der Waals surface area contributed by atoms with Gasteiger partial charge in [-0.05, 0) is 62.2 Å². The first-order valence-electron chi connectivity index (χ1n) is 6.47. The first-order valence-corrected chi connectivity index (χ1v) is 6.47. The first kappa shape index (κ1) is 14.1. The molecule has 0 saturated carbocycles. The van der Waals surface area contributed by atoms with Gasteiger partial charge in [-0.3, -0.25) is 0 Å². The molecule has 4 heteroatoms. The van der Waals surface area contributed by atoms with Crippen molar-refractivity contribution in [2.45, 2.75) is 26.8 Å². The lowest BCUT2D eigenvalue weighted by molar-refractivity contribution is 0.451. The van der Waals surface area contributed by atoms with Crippen LogP contribution in [0.15, 0.2) is 30.3 Å². The number of phenols is 3. The van der Waals surface area contributed by atoms with Crippen LogP contribution in [0.5, 0.6) is 17.2 Å². The van der Waals surface area contributed by atoms with Gasteiger partial charge >= 0.3 is 0 Å². The molecule has 0 aromatic heterocycles. The highest BCUT2D eigenvalue weighted by Gasteiger charge is 2.13. The van der Waals surface area contributed by atoms with Gasteiger partial charge in [-0.1, -0.05) is 0 Å². The summed E-state index contributed by atoms with van der Waals surface area (Å²) in [7, 11) is 0. The summed E-state index contributed by atoms with van der Waals surface area (Å²) in [5.74, 6) is 0.516. The molecule has 2 aromatic carbocycles. The van der Waals surface area contributed by atoms with Crippen LogP contribution in [-0.2, 0) is 0 Å². The Morgan fingerprint density at radius 3 is 2.30 bits per heavy atom.